The highest BCUT2D eigenvalue weighted by Gasteiger charge is 2.08. The van der Waals surface area contributed by atoms with Gasteiger partial charge in [-0.25, -0.2) is 14.6 Å². The number of aromatic carboxylic acids is 2. The molecule has 3 aromatic rings. The molecule has 2 aromatic carbocycles. The summed E-state index contributed by atoms with van der Waals surface area (Å²) in [6, 6.07) is 17.4. The van der Waals surface area contributed by atoms with Gasteiger partial charge in [-0.15, -0.1) is 0 Å². The van der Waals surface area contributed by atoms with Crippen molar-refractivity contribution in [2.75, 3.05) is 0 Å². The number of rotatable bonds is 4. The second kappa shape index (κ2) is 13.3. The Bertz CT molecular complexity index is 909. The number of benzene rings is 2. The molecule has 0 radical (unpaired) electrons. The summed E-state index contributed by atoms with van der Waals surface area (Å²) in [6.45, 7) is 1.03. The van der Waals surface area contributed by atoms with Gasteiger partial charge >= 0.3 is 11.9 Å². The molecule has 6 N–H and O–H groups in total. The predicted molar refractivity (Wildman–Crippen MR) is 117 cm³/mol. The molecule has 3 rings (SSSR count). The Morgan fingerprint density at radius 3 is 1.60 bits per heavy atom. The Labute approximate surface area is 183 Å². The van der Waals surface area contributed by atoms with Crippen LogP contribution in [0.3, 0.4) is 0 Å². The molecule has 0 bridgehead atoms. The smallest absolute Gasteiger partial charge is 0.354 e. The van der Waals surface area contributed by atoms with Crippen molar-refractivity contribution >= 4 is 35.1 Å². The van der Waals surface area contributed by atoms with Gasteiger partial charge in [0.2, 0.25) is 0 Å². The lowest BCUT2D eigenvalue weighted by Crippen LogP contribution is -2.03. The summed E-state index contributed by atoms with van der Waals surface area (Å²) >= 11 is 11.5. The minimum Gasteiger partial charge on any atom is -0.478 e. The molecule has 1 aromatic heterocycles. The number of aromatic nitrogens is 1. The number of halogens is 2. The number of hydrogen-bond acceptors (Lipinski definition) is 5. The first-order valence-corrected chi connectivity index (χ1v) is 9.35. The summed E-state index contributed by atoms with van der Waals surface area (Å²) in [7, 11) is 0. The van der Waals surface area contributed by atoms with Gasteiger partial charge in [-0.3, -0.25) is 0 Å². The van der Waals surface area contributed by atoms with Crippen molar-refractivity contribution in [2.45, 2.75) is 13.1 Å². The van der Waals surface area contributed by atoms with Gasteiger partial charge in [0.05, 0.1) is 5.56 Å². The van der Waals surface area contributed by atoms with Gasteiger partial charge in [0.25, 0.3) is 0 Å². The number of nitrogens with zero attached hydrogens (tertiary/aromatic N) is 1. The standard InChI is InChI=1S/2C7H8ClN.C7H5NO4/c2*8-7-4-2-1-3-6(7)5-9;9-6(10)4-1-2-8-5(3-4)7(11)12/h2*1-4H,5,9H2;1-3H,(H,9,10)(H,11,12). The van der Waals surface area contributed by atoms with E-state index in [1.807, 2.05) is 48.5 Å². The molecule has 0 aliphatic heterocycles. The van der Waals surface area contributed by atoms with Gasteiger partial charge in [-0.05, 0) is 35.4 Å². The van der Waals surface area contributed by atoms with Crippen molar-refractivity contribution in [3.63, 3.8) is 0 Å². The molecule has 0 saturated heterocycles. The molecule has 0 fully saturated rings. The average Bonchev–Trinajstić information content (AvgIpc) is 2.75. The fourth-order valence-electron chi connectivity index (χ4n) is 2.01. The third-order valence-electron chi connectivity index (χ3n) is 3.58. The van der Waals surface area contributed by atoms with Crippen molar-refractivity contribution in [2.24, 2.45) is 11.5 Å². The summed E-state index contributed by atoms with van der Waals surface area (Å²) in [6.07, 6.45) is 1.15. The first-order chi connectivity index (χ1) is 14.3. The Hall–Kier alpha value is -2.97. The summed E-state index contributed by atoms with van der Waals surface area (Å²) in [5, 5.41) is 18.4. The number of nitrogens with two attached hydrogens (primary N) is 2. The van der Waals surface area contributed by atoms with E-state index in [1.165, 1.54) is 6.07 Å². The van der Waals surface area contributed by atoms with Crippen LogP contribution in [0.4, 0.5) is 0 Å². The van der Waals surface area contributed by atoms with Gasteiger partial charge in [0, 0.05) is 29.3 Å². The Kier molecular flexibility index (Phi) is 11.1. The molecule has 0 saturated carbocycles. The second-order valence-electron chi connectivity index (χ2n) is 5.63. The number of carboxylic acid groups (broad SMARTS) is 2. The first-order valence-electron chi connectivity index (χ1n) is 8.59. The van der Waals surface area contributed by atoms with E-state index in [9.17, 15) is 9.59 Å². The maximum atomic E-state index is 10.4. The quantitative estimate of drug-likeness (QED) is 0.470. The van der Waals surface area contributed by atoms with Crippen LogP contribution in [0.15, 0.2) is 66.9 Å². The number of carbonyl (C=O) groups is 2. The molecular formula is C21H21Cl2N3O4. The lowest BCUT2D eigenvalue weighted by atomic mass is 10.2. The van der Waals surface area contributed by atoms with E-state index in [0.717, 1.165) is 33.4 Å². The number of pyridine rings is 1. The highest BCUT2D eigenvalue weighted by Crippen LogP contribution is 2.13. The normalized spacial score (nSPS) is 9.47. The zero-order chi connectivity index (χ0) is 22.5. The number of hydrogen-bond donors (Lipinski definition) is 4. The molecule has 30 heavy (non-hydrogen) atoms. The molecule has 0 spiro atoms. The van der Waals surface area contributed by atoms with E-state index in [0.29, 0.717) is 13.1 Å². The SMILES string of the molecule is NCc1ccccc1Cl.NCc1ccccc1Cl.O=C(O)c1ccnc(C(=O)O)c1. The molecular weight excluding hydrogens is 429 g/mol. The van der Waals surface area contributed by atoms with Gasteiger partial charge in [0.1, 0.15) is 5.69 Å². The van der Waals surface area contributed by atoms with Crippen molar-refractivity contribution in [1.29, 1.82) is 0 Å². The lowest BCUT2D eigenvalue weighted by molar-refractivity contribution is 0.0690. The van der Waals surface area contributed by atoms with Crippen LogP contribution >= 0.6 is 23.2 Å². The van der Waals surface area contributed by atoms with Crippen molar-refractivity contribution in [3.8, 4) is 0 Å². The molecule has 7 nitrogen and oxygen atoms in total. The Morgan fingerprint density at radius 1 is 0.800 bits per heavy atom. The van der Waals surface area contributed by atoms with E-state index in [4.69, 9.17) is 44.9 Å². The van der Waals surface area contributed by atoms with Crippen LogP contribution < -0.4 is 11.5 Å². The van der Waals surface area contributed by atoms with Crippen LogP contribution in [0.5, 0.6) is 0 Å². The third-order valence-corrected chi connectivity index (χ3v) is 4.32. The van der Waals surface area contributed by atoms with Crippen molar-refractivity contribution < 1.29 is 19.8 Å². The molecule has 0 amide bonds. The third kappa shape index (κ3) is 8.59. The van der Waals surface area contributed by atoms with E-state index < -0.39 is 11.9 Å². The fraction of sp³-hybridized carbons (Fsp3) is 0.0952. The van der Waals surface area contributed by atoms with Gasteiger partial charge in [-0.1, -0.05) is 59.6 Å². The topological polar surface area (TPSA) is 140 Å². The van der Waals surface area contributed by atoms with E-state index in [2.05, 4.69) is 4.98 Å². The van der Waals surface area contributed by atoms with Crippen LogP contribution in [-0.4, -0.2) is 27.1 Å². The average molecular weight is 450 g/mol. The lowest BCUT2D eigenvalue weighted by Gasteiger charge is -1.96. The summed E-state index contributed by atoms with van der Waals surface area (Å²) in [5.74, 6) is -2.40. The minimum absolute atomic E-state index is 0.0811. The zero-order valence-electron chi connectivity index (χ0n) is 15.8. The van der Waals surface area contributed by atoms with E-state index in [1.54, 1.807) is 0 Å². The van der Waals surface area contributed by atoms with Crippen LogP contribution in [0.2, 0.25) is 10.0 Å². The van der Waals surface area contributed by atoms with Crippen molar-refractivity contribution in [1.82, 2.24) is 4.98 Å². The van der Waals surface area contributed by atoms with Crippen LogP contribution in [-0.2, 0) is 13.1 Å². The van der Waals surface area contributed by atoms with E-state index in [-0.39, 0.29) is 11.3 Å². The van der Waals surface area contributed by atoms with Gasteiger partial charge in [0.15, 0.2) is 0 Å². The molecule has 0 atom stereocenters. The fourth-order valence-corrected chi connectivity index (χ4v) is 2.43. The van der Waals surface area contributed by atoms with E-state index >= 15 is 0 Å². The molecule has 9 heteroatoms. The second-order valence-corrected chi connectivity index (χ2v) is 6.45. The molecule has 158 valence electrons. The maximum absolute atomic E-state index is 10.4. The zero-order valence-corrected chi connectivity index (χ0v) is 17.3. The van der Waals surface area contributed by atoms with Crippen LogP contribution in [0.1, 0.15) is 32.0 Å². The maximum Gasteiger partial charge on any atom is 0.354 e. The highest BCUT2D eigenvalue weighted by molar-refractivity contribution is 6.31. The highest BCUT2D eigenvalue weighted by atomic mass is 35.5. The monoisotopic (exact) mass is 449 g/mol. The van der Waals surface area contributed by atoms with Crippen LogP contribution in [0.25, 0.3) is 0 Å². The summed E-state index contributed by atoms with van der Waals surface area (Å²) < 4.78 is 0. The summed E-state index contributed by atoms with van der Waals surface area (Å²) in [4.78, 5) is 24.1. The van der Waals surface area contributed by atoms with Gasteiger partial charge < -0.3 is 21.7 Å². The summed E-state index contributed by atoms with van der Waals surface area (Å²) in [5.41, 5.74) is 12.4. The molecule has 0 aliphatic rings. The molecule has 1 heterocycles. The van der Waals surface area contributed by atoms with Crippen molar-refractivity contribution in [3.05, 3.63) is 99.3 Å². The molecule has 0 unspecified atom stereocenters. The number of carboxylic acids is 2. The molecule has 0 aliphatic carbocycles. The Balaban J connectivity index is 0.000000229. The Morgan fingerprint density at radius 2 is 1.27 bits per heavy atom. The largest absolute Gasteiger partial charge is 0.478 e. The van der Waals surface area contributed by atoms with Gasteiger partial charge in [-0.2, -0.15) is 0 Å². The minimum atomic E-state index is -1.24. The first kappa shape index (κ1) is 25.1. The predicted octanol–water partition coefficient (Wildman–Crippen LogP) is 4.08. The van der Waals surface area contributed by atoms with Crippen LogP contribution in [0, 0.1) is 0 Å².